The zero-order chi connectivity index (χ0) is 20.5. The summed E-state index contributed by atoms with van der Waals surface area (Å²) in [6.07, 6.45) is 2.11. The maximum absolute atomic E-state index is 12.8. The van der Waals surface area contributed by atoms with Gasteiger partial charge in [0.05, 0.1) is 0 Å². The van der Waals surface area contributed by atoms with Gasteiger partial charge in [0.15, 0.2) is 11.9 Å². The molecule has 10 nitrogen and oxygen atoms in total. The molecular weight excluding hydrogens is 368 g/mol. The number of amides is 4. The van der Waals surface area contributed by atoms with E-state index in [9.17, 15) is 19.2 Å². The highest BCUT2D eigenvalue weighted by molar-refractivity contribution is 6.09. The highest BCUT2D eigenvalue weighted by Gasteiger charge is 2.55. The molecule has 2 N–H and O–H groups in total. The van der Waals surface area contributed by atoms with Crippen LogP contribution in [0.4, 0.5) is 10.6 Å². The Morgan fingerprint density at radius 2 is 2.21 bits per heavy atom. The molecule has 0 unspecified atom stereocenters. The molecule has 0 bridgehead atoms. The van der Waals surface area contributed by atoms with Gasteiger partial charge in [-0.15, -0.1) is 0 Å². The highest BCUT2D eigenvalue weighted by atomic mass is 16.5. The fourth-order valence-corrected chi connectivity index (χ4v) is 3.71. The quantitative estimate of drug-likeness (QED) is 0.571. The van der Waals surface area contributed by atoms with Crippen LogP contribution in [0.3, 0.4) is 0 Å². The third kappa shape index (κ3) is 3.71. The summed E-state index contributed by atoms with van der Waals surface area (Å²) < 4.78 is 9.91. The molecule has 152 valence electrons. The van der Waals surface area contributed by atoms with Crippen LogP contribution in [0.5, 0.6) is 0 Å². The second-order valence-electron chi connectivity index (χ2n) is 7.38. The van der Waals surface area contributed by atoms with Crippen molar-refractivity contribution in [2.45, 2.75) is 58.1 Å². The van der Waals surface area contributed by atoms with Crippen molar-refractivity contribution in [3.05, 3.63) is 11.8 Å². The molecule has 28 heavy (non-hydrogen) atoms. The van der Waals surface area contributed by atoms with Crippen molar-refractivity contribution in [1.82, 2.24) is 15.4 Å². The van der Waals surface area contributed by atoms with Crippen molar-refractivity contribution in [2.75, 3.05) is 11.9 Å². The predicted octanol–water partition coefficient (Wildman–Crippen LogP) is 1.35. The molecule has 1 spiro atoms. The Kier molecular flexibility index (Phi) is 5.39. The molecule has 4 amide bonds. The summed E-state index contributed by atoms with van der Waals surface area (Å²) in [5.41, 5.74) is -0.941. The summed E-state index contributed by atoms with van der Waals surface area (Å²) in [5, 5.41) is 8.84. The first-order valence-electron chi connectivity index (χ1n) is 9.30. The van der Waals surface area contributed by atoms with E-state index in [1.165, 1.54) is 13.0 Å². The number of anilines is 1. The molecule has 2 fully saturated rings. The number of urea groups is 1. The van der Waals surface area contributed by atoms with Gasteiger partial charge in [-0.2, -0.15) is 0 Å². The molecule has 2 aliphatic rings. The second kappa shape index (κ2) is 7.61. The van der Waals surface area contributed by atoms with Crippen LogP contribution in [-0.4, -0.2) is 52.1 Å². The number of carbonyl (C=O) groups excluding carboxylic acids is 4. The van der Waals surface area contributed by atoms with Gasteiger partial charge in [0.1, 0.15) is 17.8 Å². The Balaban J connectivity index is 1.57. The average molecular weight is 392 g/mol. The monoisotopic (exact) mass is 392 g/mol. The van der Waals surface area contributed by atoms with E-state index in [2.05, 4.69) is 15.8 Å². The molecule has 1 aliphatic heterocycles. The third-order valence-corrected chi connectivity index (χ3v) is 5.35. The lowest BCUT2D eigenvalue weighted by molar-refractivity contribution is -0.155. The normalized spacial score (nSPS) is 25.5. The van der Waals surface area contributed by atoms with E-state index in [1.54, 1.807) is 6.92 Å². The lowest BCUT2D eigenvalue weighted by Crippen LogP contribution is -2.54. The Morgan fingerprint density at radius 3 is 2.86 bits per heavy atom. The van der Waals surface area contributed by atoms with E-state index in [0.717, 1.165) is 24.2 Å². The molecular formula is C18H24N4O6. The van der Waals surface area contributed by atoms with E-state index >= 15 is 0 Å². The van der Waals surface area contributed by atoms with Gasteiger partial charge in [-0.25, -0.2) is 4.79 Å². The van der Waals surface area contributed by atoms with Gasteiger partial charge < -0.3 is 19.9 Å². The van der Waals surface area contributed by atoms with Crippen molar-refractivity contribution in [2.24, 2.45) is 5.92 Å². The van der Waals surface area contributed by atoms with Gasteiger partial charge in [-0.1, -0.05) is 24.9 Å². The van der Waals surface area contributed by atoms with Crippen molar-refractivity contribution in [3.63, 3.8) is 0 Å². The van der Waals surface area contributed by atoms with Gasteiger partial charge in [-0.3, -0.25) is 19.3 Å². The maximum Gasteiger partial charge on any atom is 0.327 e. The van der Waals surface area contributed by atoms with Crippen molar-refractivity contribution >= 4 is 29.6 Å². The molecule has 10 heteroatoms. The van der Waals surface area contributed by atoms with Gasteiger partial charge in [0.2, 0.25) is 0 Å². The van der Waals surface area contributed by atoms with Crippen molar-refractivity contribution in [1.29, 1.82) is 0 Å². The molecule has 1 aliphatic carbocycles. The number of esters is 1. The van der Waals surface area contributed by atoms with Crippen LogP contribution in [0.2, 0.25) is 0 Å². The third-order valence-electron chi connectivity index (χ3n) is 5.35. The van der Waals surface area contributed by atoms with Gasteiger partial charge in [-0.05, 0) is 32.6 Å². The first-order valence-corrected chi connectivity index (χ1v) is 9.30. The summed E-state index contributed by atoms with van der Waals surface area (Å²) >= 11 is 0. The van der Waals surface area contributed by atoms with Crippen LogP contribution < -0.4 is 10.6 Å². The number of nitrogens with zero attached hydrogens (tertiary/aromatic N) is 2. The summed E-state index contributed by atoms with van der Waals surface area (Å²) in [6.45, 7) is 4.44. The molecule has 1 saturated heterocycles. The van der Waals surface area contributed by atoms with E-state index in [1.807, 2.05) is 6.92 Å². The van der Waals surface area contributed by atoms with Crippen LogP contribution in [0.15, 0.2) is 10.6 Å². The van der Waals surface area contributed by atoms with E-state index in [0.29, 0.717) is 12.2 Å². The Bertz CT molecular complexity index is 806. The standard InChI is InChI=1S/C18H24N4O6/c1-10-6-4-5-7-18(10)16(25)22(17(26)20-18)9-14(23)27-12(3)15(24)19-13-8-11(2)28-21-13/h8,10,12H,4-7,9H2,1-3H3,(H,20,26)(H,19,21,24)/t10-,12+,18+/m0/s1. The summed E-state index contributed by atoms with van der Waals surface area (Å²) in [5.74, 6) is -1.14. The first kappa shape index (κ1) is 19.8. The topological polar surface area (TPSA) is 131 Å². The van der Waals surface area contributed by atoms with Gasteiger partial charge >= 0.3 is 12.0 Å². The molecule has 1 aromatic heterocycles. The summed E-state index contributed by atoms with van der Waals surface area (Å²) in [7, 11) is 0. The Hall–Kier alpha value is -2.91. The van der Waals surface area contributed by atoms with Gasteiger partial charge in [0.25, 0.3) is 11.8 Å². The molecule has 0 radical (unpaired) electrons. The lowest BCUT2D eigenvalue weighted by atomic mass is 9.73. The smallest absolute Gasteiger partial charge is 0.327 e. The molecule has 1 aromatic rings. The predicted molar refractivity (Wildman–Crippen MR) is 96.0 cm³/mol. The van der Waals surface area contributed by atoms with Crippen molar-refractivity contribution in [3.8, 4) is 0 Å². The van der Waals surface area contributed by atoms with E-state index in [4.69, 9.17) is 9.26 Å². The lowest BCUT2D eigenvalue weighted by Gasteiger charge is -2.36. The maximum atomic E-state index is 12.8. The second-order valence-corrected chi connectivity index (χ2v) is 7.38. The van der Waals surface area contributed by atoms with E-state index in [-0.39, 0.29) is 11.7 Å². The SMILES string of the molecule is Cc1cc(NC(=O)[C@@H](C)OC(=O)CN2C(=O)N[C@@]3(CCCC[C@@H]3C)C2=O)no1. The number of aryl methyl sites for hydroxylation is 1. The van der Waals surface area contributed by atoms with Crippen molar-refractivity contribution < 1.29 is 28.4 Å². The fourth-order valence-electron chi connectivity index (χ4n) is 3.71. The number of hydrogen-bond acceptors (Lipinski definition) is 7. The zero-order valence-electron chi connectivity index (χ0n) is 16.1. The van der Waals surface area contributed by atoms with Crippen LogP contribution in [0.25, 0.3) is 0 Å². The van der Waals surface area contributed by atoms with Crippen LogP contribution in [0, 0.1) is 12.8 Å². The molecule has 2 heterocycles. The zero-order valence-corrected chi connectivity index (χ0v) is 16.1. The minimum atomic E-state index is -1.13. The van der Waals surface area contributed by atoms with Crippen LogP contribution in [0.1, 0.15) is 45.3 Å². The fraction of sp³-hybridized carbons (Fsp3) is 0.611. The van der Waals surface area contributed by atoms with Crippen LogP contribution >= 0.6 is 0 Å². The number of hydrogen-bond donors (Lipinski definition) is 2. The number of aromatic nitrogens is 1. The Morgan fingerprint density at radius 1 is 1.46 bits per heavy atom. The van der Waals surface area contributed by atoms with Gasteiger partial charge in [0, 0.05) is 6.07 Å². The van der Waals surface area contributed by atoms with Crippen LogP contribution in [-0.2, 0) is 19.1 Å². The molecule has 3 atom stereocenters. The molecule has 3 rings (SSSR count). The minimum absolute atomic E-state index is 0.00524. The number of rotatable bonds is 5. The molecule has 1 saturated carbocycles. The minimum Gasteiger partial charge on any atom is -0.451 e. The molecule has 0 aromatic carbocycles. The first-order chi connectivity index (χ1) is 13.2. The number of ether oxygens (including phenoxy) is 1. The number of imide groups is 1. The van der Waals surface area contributed by atoms with E-state index < -0.39 is 42.0 Å². The number of carbonyl (C=O) groups is 4. The average Bonchev–Trinajstić information content (AvgIpc) is 3.14. The number of nitrogens with one attached hydrogen (secondary N) is 2. The summed E-state index contributed by atoms with van der Waals surface area (Å²) in [4.78, 5) is 50.3. The highest BCUT2D eigenvalue weighted by Crippen LogP contribution is 2.38. The Labute approximate surface area is 161 Å². The summed E-state index contributed by atoms with van der Waals surface area (Å²) in [6, 6.07) is 0.913. The largest absolute Gasteiger partial charge is 0.451 e.